The summed E-state index contributed by atoms with van der Waals surface area (Å²) in [5, 5.41) is 6.50. The van der Waals surface area contributed by atoms with Crippen LogP contribution in [0, 0.1) is 5.92 Å². The van der Waals surface area contributed by atoms with E-state index in [1.807, 2.05) is 36.1 Å². The number of benzene rings is 1. The zero-order valence-corrected chi connectivity index (χ0v) is 16.3. The Hall–Kier alpha value is -2.24. The number of piperidine rings is 1. The van der Waals surface area contributed by atoms with Crippen LogP contribution in [0.2, 0.25) is 0 Å². The molecule has 144 valence electrons. The Morgan fingerprint density at radius 2 is 2.15 bits per heavy atom. The second-order valence-corrected chi connectivity index (χ2v) is 6.73. The maximum Gasteiger partial charge on any atom is 0.224 e. The molecule has 0 saturated carbocycles. The first-order valence-corrected chi connectivity index (χ1v) is 9.57. The van der Waals surface area contributed by atoms with Crippen molar-refractivity contribution in [2.24, 2.45) is 10.9 Å². The van der Waals surface area contributed by atoms with Crippen molar-refractivity contribution in [1.29, 1.82) is 0 Å². The van der Waals surface area contributed by atoms with Gasteiger partial charge >= 0.3 is 0 Å². The fourth-order valence-electron chi connectivity index (χ4n) is 3.21. The molecule has 1 fully saturated rings. The number of rotatable bonds is 7. The lowest BCUT2D eigenvalue weighted by atomic mass is 10.00. The van der Waals surface area contributed by atoms with Gasteiger partial charge in [-0.15, -0.1) is 0 Å². The summed E-state index contributed by atoms with van der Waals surface area (Å²) in [5.41, 5.74) is 1.08. The second kappa shape index (κ2) is 10.7. The minimum atomic E-state index is 0.223. The summed E-state index contributed by atoms with van der Waals surface area (Å²) in [6, 6.07) is 7.96. The van der Waals surface area contributed by atoms with Crippen molar-refractivity contribution in [3.8, 4) is 5.75 Å². The zero-order valence-electron chi connectivity index (χ0n) is 16.3. The molecule has 6 nitrogen and oxygen atoms in total. The van der Waals surface area contributed by atoms with E-state index in [1.165, 1.54) is 6.42 Å². The molecule has 1 aromatic rings. The predicted molar refractivity (Wildman–Crippen MR) is 105 cm³/mol. The summed E-state index contributed by atoms with van der Waals surface area (Å²) >= 11 is 0. The summed E-state index contributed by atoms with van der Waals surface area (Å²) in [7, 11) is 1.73. The molecule has 1 heterocycles. The predicted octanol–water partition coefficient (Wildman–Crippen LogP) is 2.40. The van der Waals surface area contributed by atoms with Gasteiger partial charge in [0, 0.05) is 45.2 Å². The number of carbonyl (C=O) groups excluding carboxylic acids is 1. The number of carbonyl (C=O) groups is 1. The SMILES string of the molecule is CCOc1ccccc1CNC(=NC)NCCC(=O)N1CCCC(C)C1. The second-order valence-electron chi connectivity index (χ2n) is 6.73. The number of nitrogens with one attached hydrogen (secondary N) is 2. The molecule has 1 aliphatic heterocycles. The molecule has 0 bridgehead atoms. The molecule has 0 radical (unpaired) electrons. The third kappa shape index (κ3) is 6.24. The average molecular weight is 361 g/mol. The van der Waals surface area contributed by atoms with E-state index in [2.05, 4.69) is 22.5 Å². The molecule has 1 unspecified atom stereocenters. The highest BCUT2D eigenvalue weighted by molar-refractivity contribution is 5.81. The van der Waals surface area contributed by atoms with Crippen LogP contribution in [0.15, 0.2) is 29.3 Å². The smallest absolute Gasteiger partial charge is 0.224 e. The van der Waals surface area contributed by atoms with E-state index in [0.717, 1.165) is 30.8 Å². The van der Waals surface area contributed by atoms with Gasteiger partial charge in [-0.2, -0.15) is 0 Å². The molecule has 0 spiro atoms. The minimum Gasteiger partial charge on any atom is -0.494 e. The zero-order chi connectivity index (χ0) is 18.8. The van der Waals surface area contributed by atoms with Crippen molar-refractivity contribution in [2.45, 2.75) is 39.7 Å². The maximum absolute atomic E-state index is 12.3. The van der Waals surface area contributed by atoms with E-state index in [4.69, 9.17) is 4.74 Å². The Kier molecular flexibility index (Phi) is 8.25. The molecule has 2 rings (SSSR count). The van der Waals surface area contributed by atoms with Crippen molar-refractivity contribution in [1.82, 2.24) is 15.5 Å². The highest BCUT2D eigenvalue weighted by Gasteiger charge is 2.20. The lowest BCUT2D eigenvalue weighted by Crippen LogP contribution is -2.42. The number of likely N-dealkylation sites (tertiary alicyclic amines) is 1. The summed E-state index contributed by atoms with van der Waals surface area (Å²) in [6.45, 7) is 7.81. The Balaban J connectivity index is 1.75. The van der Waals surface area contributed by atoms with Crippen molar-refractivity contribution in [3.05, 3.63) is 29.8 Å². The van der Waals surface area contributed by atoms with Crippen LogP contribution in [-0.2, 0) is 11.3 Å². The van der Waals surface area contributed by atoms with Gasteiger partial charge < -0.3 is 20.3 Å². The standard InChI is InChI=1S/C20H32N4O2/c1-4-26-18-10-6-5-9-17(18)14-23-20(21-3)22-12-11-19(25)24-13-7-8-16(2)15-24/h5-6,9-10,16H,4,7-8,11-15H2,1-3H3,(H2,21,22,23). The first-order valence-electron chi connectivity index (χ1n) is 9.57. The number of hydrogen-bond donors (Lipinski definition) is 2. The highest BCUT2D eigenvalue weighted by Crippen LogP contribution is 2.17. The van der Waals surface area contributed by atoms with E-state index in [9.17, 15) is 4.79 Å². The van der Waals surface area contributed by atoms with Gasteiger partial charge in [-0.05, 0) is 31.7 Å². The van der Waals surface area contributed by atoms with Gasteiger partial charge in [-0.1, -0.05) is 25.1 Å². The van der Waals surface area contributed by atoms with Crippen LogP contribution in [0.25, 0.3) is 0 Å². The normalized spacial score (nSPS) is 17.7. The lowest BCUT2D eigenvalue weighted by Gasteiger charge is -2.31. The molecule has 6 heteroatoms. The van der Waals surface area contributed by atoms with Crippen LogP contribution in [0.4, 0.5) is 0 Å². The Labute approximate surface area is 157 Å². The maximum atomic E-state index is 12.3. The molecule has 0 aromatic heterocycles. The molecule has 1 saturated heterocycles. The Morgan fingerprint density at radius 3 is 2.88 bits per heavy atom. The summed E-state index contributed by atoms with van der Waals surface area (Å²) < 4.78 is 5.64. The number of aliphatic imine (C=N–C) groups is 1. The first kappa shape index (κ1) is 20.1. The van der Waals surface area contributed by atoms with Crippen LogP contribution in [0.3, 0.4) is 0 Å². The van der Waals surface area contributed by atoms with Gasteiger partial charge in [-0.3, -0.25) is 9.79 Å². The van der Waals surface area contributed by atoms with Crippen molar-refractivity contribution in [3.63, 3.8) is 0 Å². The number of nitrogens with zero attached hydrogens (tertiary/aromatic N) is 2. The largest absolute Gasteiger partial charge is 0.494 e. The average Bonchev–Trinajstić information content (AvgIpc) is 2.65. The van der Waals surface area contributed by atoms with Gasteiger partial charge in [-0.25, -0.2) is 0 Å². The van der Waals surface area contributed by atoms with Crippen LogP contribution in [-0.4, -0.2) is 50.1 Å². The molecule has 1 aliphatic rings. The number of ether oxygens (including phenoxy) is 1. The molecular weight excluding hydrogens is 328 g/mol. The fraction of sp³-hybridized carbons (Fsp3) is 0.600. The monoisotopic (exact) mass is 360 g/mol. The highest BCUT2D eigenvalue weighted by atomic mass is 16.5. The topological polar surface area (TPSA) is 66.0 Å². The Bertz CT molecular complexity index is 603. The molecule has 1 atom stereocenters. The third-order valence-electron chi connectivity index (χ3n) is 4.58. The van der Waals surface area contributed by atoms with E-state index in [1.54, 1.807) is 7.05 Å². The minimum absolute atomic E-state index is 0.223. The lowest BCUT2D eigenvalue weighted by molar-refractivity contribution is -0.132. The Morgan fingerprint density at radius 1 is 1.35 bits per heavy atom. The molecular formula is C20H32N4O2. The molecule has 26 heavy (non-hydrogen) atoms. The number of amides is 1. The summed E-state index contributed by atoms with van der Waals surface area (Å²) in [5.74, 6) is 2.41. The van der Waals surface area contributed by atoms with Gasteiger partial charge in [0.05, 0.1) is 6.61 Å². The van der Waals surface area contributed by atoms with Crippen LogP contribution < -0.4 is 15.4 Å². The van der Waals surface area contributed by atoms with Crippen molar-refractivity contribution >= 4 is 11.9 Å². The quantitative estimate of drug-likeness (QED) is 0.579. The van der Waals surface area contributed by atoms with Gasteiger partial charge in [0.2, 0.25) is 5.91 Å². The van der Waals surface area contributed by atoms with E-state index in [0.29, 0.717) is 38.0 Å². The summed E-state index contributed by atoms with van der Waals surface area (Å²) in [6.07, 6.45) is 2.83. The first-order chi connectivity index (χ1) is 12.6. The third-order valence-corrected chi connectivity index (χ3v) is 4.58. The molecule has 2 N–H and O–H groups in total. The summed E-state index contributed by atoms with van der Waals surface area (Å²) in [4.78, 5) is 18.5. The molecule has 0 aliphatic carbocycles. The van der Waals surface area contributed by atoms with E-state index in [-0.39, 0.29) is 5.91 Å². The number of guanidine groups is 1. The fourth-order valence-corrected chi connectivity index (χ4v) is 3.21. The number of hydrogen-bond acceptors (Lipinski definition) is 3. The molecule has 1 aromatic carbocycles. The van der Waals surface area contributed by atoms with E-state index >= 15 is 0 Å². The van der Waals surface area contributed by atoms with Crippen LogP contribution in [0.5, 0.6) is 5.75 Å². The van der Waals surface area contributed by atoms with Crippen molar-refractivity contribution < 1.29 is 9.53 Å². The van der Waals surface area contributed by atoms with E-state index < -0.39 is 0 Å². The van der Waals surface area contributed by atoms with Gasteiger partial charge in [0.15, 0.2) is 5.96 Å². The van der Waals surface area contributed by atoms with Crippen LogP contribution in [0.1, 0.15) is 38.7 Å². The van der Waals surface area contributed by atoms with Gasteiger partial charge in [0.25, 0.3) is 0 Å². The van der Waals surface area contributed by atoms with Crippen LogP contribution >= 0.6 is 0 Å². The number of para-hydroxylation sites is 1. The van der Waals surface area contributed by atoms with Crippen molar-refractivity contribution in [2.75, 3.05) is 33.3 Å². The molecule has 1 amide bonds. The van der Waals surface area contributed by atoms with Gasteiger partial charge in [0.1, 0.15) is 5.75 Å².